The zero-order valence-corrected chi connectivity index (χ0v) is 38.7. The smallest absolute Gasteiger partial charge is 0.315 e. The molecule has 0 aromatic rings. The third-order valence-electron chi connectivity index (χ3n) is 18.9. The molecule has 3 heterocycles. The van der Waals surface area contributed by atoms with Gasteiger partial charge in [0.2, 0.25) is 6.29 Å². The van der Waals surface area contributed by atoms with Crippen LogP contribution in [0.3, 0.4) is 0 Å². The Bertz CT molecular complexity index is 1760. The third kappa shape index (κ3) is 7.40. The van der Waals surface area contributed by atoms with E-state index in [2.05, 4.69) is 54.5 Å². The van der Waals surface area contributed by atoms with Crippen molar-refractivity contribution in [1.82, 2.24) is 0 Å². The molecular formula is C47H76O17. The Morgan fingerprint density at radius 3 is 2.05 bits per heavy atom. The summed E-state index contributed by atoms with van der Waals surface area (Å²) < 4.78 is 35.9. The second kappa shape index (κ2) is 16.9. The molecule has 7 fully saturated rings. The lowest BCUT2D eigenvalue weighted by molar-refractivity contribution is -0.350. The molecule has 5 aliphatic carbocycles. The predicted octanol–water partition coefficient (Wildman–Crippen LogP) is 0.778. The van der Waals surface area contributed by atoms with Gasteiger partial charge in [-0.15, -0.1) is 0 Å². The van der Waals surface area contributed by atoms with E-state index in [0.717, 1.165) is 31.3 Å². The Morgan fingerprint density at radius 1 is 0.719 bits per heavy atom. The molecule has 23 atom stereocenters. The quantitative estimate of drug-likeness (QED) is 0.0960. The largest absolute Gasteiger partial charge is 0.432 e. The van der Waals surface area contributed by atoms with Crippen LogP contribution in [0.5, 0.6) is 0 Å². The first kappa shape index (κ1) is 49.0. The van der Waals surface area contributed by atoms with Gasteiger partial charge >= 0.3 is 5.97 Å². The van der Waals surface area contributed by atoms with E-state index < -0.39 is 121 Å². The summed E-state index contributed by atoms with van der Waals surface area (Å²) in [6, 6.07) is 0. The highest BCUT2D eigenvalue weighted by atomic mass is 16.8. The van der Waals surface area contributed by atoms with Gasteiger partial charge in [-0.3, -0.25) is 4.79 Å². The van der Waals surface area contributed by atoms with Gasteiger partial charge in [0.15, 0.2) is 18.7 Å². The summed E-state index contributed by atoms with van der Waals surface area (Å²) in [6.07, 6.45) is -13.6. The standard InChI is InChI=1S/C47H76O17/c1-21-30(51)33(54)35(56)38(60-21)63-37-31(52)24(49)20-59-40(37)64-41(58)47-16-15-42(2,3)17-23(47)22-9-10-27-44(6)13-12-29(62-39-36(57)34(55)32(53)25(19-48)61-39)43(4,5)26(44)11-14-45(27,7)46(22,8)28(50)18-47/h9,21,23-40,48-57H,10-20H2,1-8H3/t21?,23?,24?,25?,26?,27?,28-,29-,30?,31?,32?,33?,34?,35?,36?,37?,38?,39?,40?,44-,45+,46-,47?/m0/s1. The number of rotatable bonds is 7. The van der Waals surface area contributed by atoms with Gasteiger partial charge in [-0.1, -0.05) is 60.1 Å². The number of aliphatic hydroxyl groups excluding tert-OH is 10. The summed E-state index contributed by atoms with van der Waals surface area (Å²) in [5, 5.41) is 108. The molecule has 0 spiro atoms. The van der Waals surface area contributed by atoms with Gasteiger partial charge in [-0.05, 0) is 104 Å². The molecule has 17 heteroatoms. The monoisotopic (exact) mass is 913 g/mol. The maximum atomic E-state index is 15.1. The summed E-state index contributed by atoms with van der Waals surface area (Å²) in [7, 11) is 0. The first-order chi connectivity index (χ1) is 29.8. The number of carbonyl (C=O) groups excluding carboxylic acids is 1. The lowest BCUT2D eigenvalue weighted by Gasteiger charge is -2.72. The molecule has 10 N–H and O–H groups in total. The summed E-state index contributed by atoms with van der Waals surface area (Å²) in [5.74, 6) is -0.612. The lowest BCUT2D eigenvalue weighted by Crippen LogP contribution is -2.69. The van der Waals surface area contributed by atoms with Crippen molar-refractivity contribution >= 4 is 5.97 Å². The summed E-state index contributed by atoms with van der Waals surface area (Å²) in [5.41, 5.74) is -1.97. The SMILES string of the molecule is CC1OC(OC2C(OC(=O)C34CCC(C)(C)CC3C3=CCC5[C@@]6(C)CC[C@H](OC7OC(CO)C(O)C(O)C7O)C(C)(C)C6CC[C@@]5(C)[C@]3(C)[C@@H](O)C4)OCC(O)C2O)C(O)C(O)C1O. The van der Waals surface area contributed by atoms with Gasteiger partial charge in [0.25, 0.3) is 0 Å². The van der Waals surface area contributed by atoms with E-state index >= 15 is 4.79 Å². The highest BCUT2D eigenvalue weighted by molar-refractivity contribution is 5.79. The molecule has 0 radical (unpaired) electrons. The number of ether oxygens (including phenoxy) is 6. The number of aliphatic hydroxyl groups is 10. The van der Waals surface area contributed by atoms with Crippen LogP contribution >= 0.6 is 0 Å². The van der Waals surface area contributed by atoms with Crippen LogP contribution < -0.4 is 0 Å². The molecule has 4 saturated carbocycles. The van der Waals surface area contributed by atoms with Crippen LogP contribution in [0, 0.1) is 50.2 Å². The highest BCUT2D eigenvalue weighted by Crippen LogP contribution is 2.76. The summed E-state index contributed by atoms with van der Waals surface area (Å²) in [4.78, 5) is 15.1. The number of hydrogen-bond acceptors (Lipinski definition) is 17. The first-order valence-corrected chi connectivity index (χ1v) is 23.7. The molecule has 64 heavy (non-hydrogen) atoms. The fourth-order valence-electron chi connectivity index (χ4n) is 14.8. The van der Waals surface area contributed by atoms with Crippen molar-refractivity contribution in [2.45, 2.75) is 211 Å². The maximum Gasteiger partial charge on any atom is 0.315 e. The maximum absolute atomic E-state index is 15.1. The van der Waals surface area contributed by atoms with Crippen molar-refractivity contribution in [2.75, 3.05) is 13.2 Å². The highest BCUT2D eigenvalue weighted by Gasteiger charge is 2.72. The minimum Gasteiger partial charge on any atom is -0.432 e. The molecule has 0 bridgehead atoms. The Balaban J connectivity index is 1.07. The minimum absolute atomic E-state index is 0.124. The summed E-state index contributed by atoms with van der Waals surface area (Å²) >= 11 is 0. The van der Waals surface area contributed by atoms with Crippen molar-refractivity contribution in [3.8, 4) is 0 Å². The zero-order valence-electron chi connectivity index (χ0n) is 38.7. The van der Waals surface area contributed by atoms with E-state index in [4.69, 9.17) is 28.4 Å². The molecule has 3 saturated heterocycles. The van der Waals surface area contributed by atoms with Gasteiger partial charge < -0.3 is 79.5 Å². The van der Waals surface area contributed by atoms with Crippen LogP contribution in [0.25, 0.3) is 0 Å². The van der Waals surface area contributed by atoms with E-state index in [-0.39, 0.29) is 53.1 Å². The van der Waals surface area contributed by atoms with Gasteiger partial charge in [-0.2, -0.15) is 0 Å². The van der Waals surface area contributed by atoms with E-state index in [1.54, 1.807) is 0 Å². The van der Waals surface area contributed by atoms with Crippen molar-refractivity contribution in [3.05, 3.63) is 11.6 Å². The number of esters is 1. The van der Waals surface area contributed by atoms with Gasteiger partial charge in [-0.25, -0.2) is 0 Å². The number of allylic oxidation sites excluding steroid dienone is 1. The zero-order chi connectivity index (χ0) is 46.9. The first-order valence-electron chi connectivity index (χ1n) is 23.7. The second-order valence-corrected chi connectivity index (χ2v) is 23.1. The second-order valence-electron chi connectivity index (χ2n) is 23.1. The molecule has 3 aliphatic heterocycles. The molecule has 8 aliphatic rings. The van der Waals surface area contributed by atoms with E-state index in [9.17, 15) is 51.1 Å². The van der Waals surface area contributed by atoms with Gasteiger partial charge in [0.05, 0.1) is 36.9 Å². The number of hydrogen-bond donors (Lipinski definition) is 10. The number of fused-ring (bicyclic) bond motifs is 7. The van der Waals surface area contributed by atoms with Crippen molar-refractivity contribution in [1.29, 1.82) is 0 Å². The van der Waals surface area contributed by atoms with E-state index in [0.29, 0.717) is 25.7 Å². The normalized spacial score (nSPS) is 54.6. The van der Waals surface area contributed by atoms with Crippen LogP contribution in [-0.2, 0) is 33.2 Å². The van der Waals surface area contributed by atoms with Crippen LogP contribution in [0.15, 0.2) is 11.6 Å². The molecule has 17 nitrogen and oxygen atoms in total. The Labute approximate surface area is 376 Å². The van der Waals surface area contributed by atoms with Crippen molar-refractivity contribution in [3.63, 3.8) is 0 Å². The molecule has 0 aromatic carbocycles. The third-order valence-corrected chi connectivity index (χ3v) is 18.9. The van der Waals surface area contributed by atoms with Crippen LogP contribution in [0.4, 0.5) is 0 Å². The lowest BCUT2D eigenvalue weighted by atomic mass is 9.33. The van der Waals surface area contributed by atoms with E-state index in [1.807, 2.05) is 0 Å². The molecular weight excluding hydrogens is 836 g/mol. The fraction of sp³-hybridized carbons (Fsp3) is 0.936. The topological polar surface area (TPSA) is 275 Å². The molecule has 366 valence electrons. The van der Waals surface area contributed by atoms with Crippen LogP contribution in [-0.4, -0.2) is 168 Å². The molecule has 8 rings (SSSR count). The average Bonchev–Trinajstić information content (AvgIpc) is 3.23. The van der Waals surface area contributed by atoms with Crippen LogP contribution in [0.1, 0.15) is 113 Å². The predicted molar refractivity (Wildman–Crippen MR) is 224 cm³/mol. The minimum atomic E-state index is -1.73. The van der Waals surface area contributed by atoms with Gasteiger partial charge in [0, 0.05) is 5.41 Å². The average molecular weight is 913 g/mol. The molecule has 0 amide bonds. The van der Waals surface area contributed by atoms with Crippen molar-refractivity contribution in [2.24, 2.45) is 50.2 Å². The Morgan fingerprint density at radius 2 is 1.38 bits per heavy atom. The number of carbonyl (C=O) groups is 1. The molecule has 18 unspecified atom stereocenters. The van der Waals surface area contributed by atoms with Crippen molar-refractivity contribution < 1.29 is 84.3 Å². The Hall–Kier alpha value is -1.39. The van der Waals surface area contributed by atoms with Gasteiger partial charge in [0.1, 0.15) is 54.9 Å². The summed E-state index contributed by atoms with van der Waals surface area (Å²) in [6.45, 7) is 16.2. The fourth-order valence-corrected chi connectivity index (χ4v) is 14.8. The Kier molecular flexibility index (Phi) is 13.0. The molecule has 0 aromatic heterocycles. The van der Waals surface area contributed by atoms with E-state index in [1.165, 1.54) is 6.92 Å². The van der Waals surface area contributed by atoms with Crippen LogP contribution in [0.2, 0.25) is 0 Å².